The van der Waals surface area contributed by atoms with E-state index < -0.39 is 0 Å². The van der Waals surface area contributed by atoms with Crippen LogP contribution in [-0.4, -0.2) is 32.4 Å². The van der Waals surface area contributed by atoms with Crippen molar-refractivity contribution in [2.75, 3.05) is 7.11 Å². The third-order valence-corrected chi connectivity index (χ3v) is 7.14. The highest BCUT2D eigenvalue weighted by Crippen LogP contribution is 2.38. The fraction of sp³-hybridized carbons (Fsp3) is 0.241. The molecule has 1 saturated carbocycles. The van der Waals surface area contributed by atoms with Crippen LogP contribution in [0.1, 0.15) is 37.4 Å². The number of imidazole rings is 1. The molecule has 0 radical (unpaired) electrons. The fourth-order valence-corrected chi connectivity index (χ4v) is 5.25. The third-order valence-electron chi connectivity index (χ3n) is 7.14. The molecule has 1 aliphatic rings. The van der Waals surface area contributed by atoms with Crippen molar-refractivity contribution in [3.8, 4) is 22.5 Å². The molecule has 0 atom stereocenters. The van der Waals surface area contributed by atoms with Crippen LogP contribution in [0.25, 0.3) is 38.9 Å². The van der Waals surface area contributed by atoms with Crippen molar-refractivity contribution < 1.29 is 9.53 Å². The van der Waals surface area contributed by atoms with Gasteiger partial charge in [-0.2, -0.15) is 0 Å². The number of carbonyl (C=O) groups is 1. The van der Waals surface area contributed by atoms with Gasteiger partial charge in [-0.3, -0.25) is 14.2 Å². The first-order chi connectivity index (χ1) is 17.2. The van der Waals surface area contributed by atoms with Crippen molar-refractivity contribution in [2.45, 2.75) is 31.6 Å². The molecule has 0 bridgehead atoms. The minimum absolute atomic E-state index is 0.00557. The van der Waals surface area contributed by atoms with Gasteiger partial charge in [0.05, 0.1) is 41.6 Å². The van der Waals surface area contributed by atoms with Gasteiger partial charge in [0.2, 0.25) is 0 Å². The van der Waals surface area contributed by atoms with Gasteiger partial charge >= 0.3 is 5.97 Å². The summed E-state index contributed by atoms with van der Waals surface area (Å²) in [5.74, 6) is 1.23. The van der Waals surface area contributed by atoms with E-state index in [0.29, 0.717) is 5.92 Å². The largest absolute Gasteiger partial charge is 0.469 e. The Kier molecular flexibility index (Phi) is 5.49. The zero-order valence-corrected chi connectivity index (χ0v) is 19.6. The molecule has 0 N–H and O–H groups in total. The first kappa shape index (κ1) is 21.5. The van der Waals surface area contributed by atoms with Crippen molar-refractivity contribution >= 4 is 22.4 Å². The number of aromatic nitrogens is 4. The van der Waals surface area contributed by atoms with Crippen LogP contribution in [0.15, 0.2) is 79.3 Å². The first-order valence-corrected chi connectivity index (χ1v) is 12.1. The van der Waals surface area contributed by atoms with Gasteiger partial charge < -0.3 is 4.74 Å². The quantitative estimate of drug-likeness (QED) is 0.304. The molecular weight excluding hydrogens is 436 g/mol. The third kappa shape index (κ3) is 3.95. The molecule has 0 saturated heterocycles. The number of nitrogens with zero attached hydrogens (tertiary/aromatic N) is 4. The van der Waals surface area contributed by atoms with Gasteiger partial charge in [-0.1, -0.05) is 48.5 Å². The summed E-state index contributed by atoms with van der Waals surface area (Å²) >= 11 is 0. The highest BCUT2D eigenvalue weighted by molar-refractivity contribution is 5.88. The Hall–Kier alpha value is -4.06. The molecule has 1 aliphatic carbocycles. The van der Waals surface area contributed by atoms with Gasteiger partial charge in [0.1, 0.15) is 5.82 Å². The van der Waals surface area contributed by atoms with Gasteiger partial charge in [0, 0.05) is 34.8 Å². The van der Waals surface area contributed by atoms with Crippen LogP contribution in [0.3, 0.4) is 0 Å². The number of hydrogen-bond acceptors (Lipinski definition) is 5. The highest BCUT2D eigenvalue weighted by atomic mass is 16.5. The SMILES string of the molecule is COC(=O)C1CCC(c2nc(-c3ccc4ccc(-c5ccccc5)nc4c3)c3cnccn23)CC1. The normalized spacial score (nSPS) is 18.1. The molecule has 3 aromatic heterocycles. The number of esters is 1. The monoisotopic (exact) mass is 462 g/mol. The predicted molar refractivity (Wildman–Crippen MR) is 136 cm³/mol. The number of pyridine rings is 1. The van der Waals surface area contributed by atoms with E-state index in [4.69, 9.17) is 14.7 Å². The van der Waals surface area contributed by atoms with E-state index in [1.165, 1.54) is 7.11 Å². The number of fused-ring (bicyclic) bond motifs is 2. The van der Waals surface area contributed by atoms with Crippen molar-refractivity contribution in [1.29, 1.82) is 0 Å². The number of benzene rings is 2. The summed E-state index contributed by atoms with van der Waals surface area (Å²) in [4.78, 5) is 26.4. The number of ether oxygens (including phenoxy) is 1. The zero-order valence-electron chi connectivity index (χ0n) is 19.6. The van der Waals surface area contributed by atoms with E-state index in [9.17, 15) is 4.79 Å². The molecule has 5 aromatic rings. The molecule has 6 heteroatoms. The van der Waals surface area contributed by atoms with Crippen molar-refractivity contribution in [1.82, 2.24) is 19.4 Å². The summed E-state index contributed by atoms with van der Waals surface area (Å²) < 4.78 is 7.12. The van der Waals surface area contributed by atoms with E-state index in [1.807, 2.05) is 30.6 Å². The van der Waals surface area contributed by atoms with Gasteiger partial charge in [0.15, 0.2) is 0 Å². The second kappa shape index (κ2) is 8.95. The average Bonchev–Trinajstić information content (AvgIpc) is 3.32. The van der Waals surface area contributed by atoms with Crippen molar-refractivity contribution in [3.05, 3.63) is 85.1 Å². The minimum Gasteiger partial charge on any atom is -0.469 e. The van der Waals surface area contributed by atoms with Crippen molar-refractivity contribution in [3.63, 3.8) is 0 Å². The van der Waals surface area contributed by atoms with Crippen LogP contribution in [0, 0.1) is 5.92 Å². The second-order valence-corrected chi connectivity index (χ2v) is 9.19. The molecule has 0 amide bonds. The Morgan fingerprint density at radius 3 is 2.54 bits per heavy atom. The lowest BCUT2D eigenvalue weighted by Crippen LogP contribution is -2.22. The molecule has 0 spiro atoms. The molecule has 174 valence electrons. The lowest BCUT2D eigenvalue weighted by Gasteiger charge is -2.26. The maximum absolute atomic E-state index is 12.0. The van der Waals surface area contributed by atoms with Crippen LogP contribution in [-0.2, 0) is 9.53 Å². The molecule has 3 heterocycles. The van der Waals surface area contributed by atoms with Crippen LogP contribution in [0.4, 0.5) is 0 Å². The molecule has 0 unspecified atom stereocenters. The van der Waals surface area contributed by atoms with E-state index >= 15 is 0 Å². The van der Waals surface area contributed by atoms with E-state index in [2.05, 4.69) is 51.8 Å². The molecule has 35 heavy (non-hydrogen) atoms. The van der Waals surface area contributed by atoms with E-state index in [1.54, 1.807) is 6.20 Å². The summed E-state index contributed by atoms with van der Waals surface area (Å²) in [5, 5.41) is 1.09. The standard InChI is InChI=1S/C29H26N4O2/c1-35-29(34)22-10-8-21(9-11-22)28-32-27(26-18-30-15-16-33(26)28)23-12-7-20-13-14-24(31-25(20)17-23)19-5-3-2-4-6-19/h2-7,12-18,21-22H,8-11H2,1H3. The maximum atomic E-state index is 12.0. The highest BCUT2D eigenvalue weighted by Gasteiger charge is 2.30. The topological polar surface area (TPSA) is 69.4 Å². The summed E-state index contributed by atoms with van der Waals surface area (Å²) in [6, 6.07) is 20.7. The maximum Gasteiger partial charge on any atom is 0.308 e. The van der Waals surface area contributed by atoms with Crippen LogP contribution in [0.2, 0.25) is 0 Å². The zero-order chi connectivity index (χ0) is 23.8. The van der Waals surface area contributed by atoms with E-state index in [0.717, 1.165) is 70.4 Å². The Morgan fingerprint density at radius 1 is 0.943 bits per heavy atom. The fourth-order valence-electron chi connectivity index (χ4n) is 5.25. The second-order valence-electron chi connectivity index (χ2n) is 9.19. The molecule has 2 aromatic carbocycles. The van der Waals surface area contributed by atoms with Crippen LogP contribution >= 0.6 is 0 Å². The Labute approximate surface area is 203 Å². The van der Waals surface area contributed by atoms with Gasteiger partial charge in [-0.15, -0.1) is 0 Å². The number of rotatable bonds is 4. The molecule has 6 rings (SSSR count). The summed E-state index contributed by atoms with van der Waals surface area (Å²) in [6.07, 6.45) is 9.16. The van der Waals surface area contributed by atoms with E-state index in [-0.39, 0.29) is 11.9 Å². The molecule has 6 nitrogen and oxygen atoms in total. The number of methoxy groups -OCH3 is 1. The lowest BCUT2D eigenvalue weighted by molar-refractivity contribution is -0.146. The molecule has 0 aliphatic heterocycles. The Balaban J connectivity index is 1.39. The predicted octanol–water partition coefficient (Wildman–Crippen LogP) is 6.06. The molecule has 1 fully saturated rings. The summed E-state index contributed by atoms with van der Waals surface area (Å²) in [5.41, 5.74) is 5.91. The number of hydrogen-bond donors (Lipinski definition) is 0. The van der Waals surface area contributed by atoms with Gasteiger partial charge in [-0.05, 0) is 37.8 Å². The molecular formula is C29H26N4O2. The van der Waals surface area contributed by atoms with Crippen LogP contribution in [0.5, 0.6) is 0 Å². The smallest absolute Gasteiger partial charge is 0.308 e. The summed E-state index contributed by atoms with van der Waals surface area (Å²) in [7, 11) is 1.47. The Morgan fingerprint density at radius 2 is 1.74 bits per heavy atom. The minimum atomic E-state index is -0.0974. The summed E-state index contributed by atoms with van der Waals surface area (Å²) in [6.45, 7) is 0. The van der Waals surface area contributed by atoms with Gasteiger partial charge in [0.25, 0.3) is 0 Å². The Bertz CT molecular complexity index is 1520. The number of carbonyl (C=O) groups excluding carboxylic acids is 1. The van der Waals surface area contributed by atoms with Crippen molar-refractivity contribution in [2.24, 2.45) is 5.92 Å². The first-order valence-electron chi connectivity index (χ1n) is 12.1. The average molecular weight is 463 g/mol. The van der Waals surface area contributed by atoms with Crippen LogP contribution < -0.4 is 0 Å². The van der Waals surface area contributed by atoms with Gasteiger partial charge in [-0.25, -0.2) is 9.97 Å². The lowest BCUT2D eigenvalue weighted by atomic mass is 9.81.